The van der Waals surface area contributed by atoms with Crippen LogP contribution in [0.25, 0.3) is 0 Å². The molecule has 2 N–H and O–H groups in total. The van der Waals surface area contributed by atoms with Gasteiger partial charge in [-0.25, -0.2) is 4.39 Å². The molecule has 7 heteroatoms. The third kappa shape index (κ3) is 3.14. The number of rotatable bonds is 5. The van der Waals surface area contributed by atoms with E-state index >= 15 is 0 Å². The molecule has 0 spiro atoms. The zero-order chi connectivity index (χ0) is 17.4. The van der Waals surface area contributed by atoms with Gasteiger partial charge in [-0.15, -0.1) is 0 Å². The van der Waals surface area contributed by atoms with E-state index in [-0.39, 0.29) is 29.7 Å². The number of carbonyl (C=O) groups is 2. The molecule has 1 saturated carbocycles. The van der Waals surface area contributed by atoms with Crippen LogP contribution in [0.15, 0.2) is 28.9 Å². The average Bonchev–Trinajstić information content (AvgIpc) is 3.12. The lowest BCUT2D eigenvalue weighted by molar-refractivity contribution is -0.136. The number of benzene rings is 1. The van der Waals surface area contributed by atoms with E-state index in [1.54, 1.807) is 13.0 Å². The van der Waals surface area contributed by atoms with Gasteiger partial charge in [0, 0.05) is 28.1 Å². The van der Waals surface area contributed by atoms with Crippen molar-refractivity contribution in [2.45, 2.75) is 31.7 Å². The first-order valence-electron chi connectivity index (χ1n) is 7.42. The van der Waals surface area contributed by atoms with Crippen LogP contribution in [-0.4, -0.2) is 23.0 Å². The first-order chi connectivity index (χ1) is 11.4. The minimum absolute atomic E-state index is 0.110. The second-order valence-corrected chi connectivity index (χ2v) is 6.25. The van der Waals surface area contributed by atoms with Crippen LogP contribution in [0.3, 0.4) is 0 Å². The highest BCUT2D eigenvalue weighted by atomic mass is 35.5. The van der Waals surface area contributed by atoms with Crippen LogP contribution in [0.2, 0.25) is 5.02 Å². The number of hydrogen-bond acceptors (Lipinski definition) is 3. The number of aryl methyl sites for hydroxylation is 1. The normalized spacial score (nSPS) is 19.1. The Hall–Kier alpha value is -2.34. The highest BCUT2D eigenvalue weighted by molar-refractivity contribution is 6.31. The summed E-state index contributed by atoms with van der Waals surface area (Å²) in [5, 5.41) is 12.0. The summed E-state index contributed by atoms with van der Waals surface area (Å²) in [7, 11) is 0. The van der Waals surface area contributed by atoms with Crippen molar-refractivity contribution in [2.75, 3.05) is 0 Å². The Kier molecular flexibility index (Phi) is 4.32. The number of carbonyl (C=O) groups excluding carboxylic acids is 1. The van der Waals surface area contributed by atoms with Gasteiger partial charge < -0.3 is 14.8 Å². The van der Waals surface area contributed by atoms with Crippen LogP contribution in [0.4, 0.5) is 4.39 Å². The van der Waals surface area contributed by atoms with Crippen LogP contribution in [0, 0.1) is 12.7 Å². The largest absolute Gasteiger partial charge is 0.481 e. The molecule has 0 aliphatic heterocycles. The lowest BCUT2D eigenvalue weighted by Crippen LogP contribution is -2.28. The number of carboxylic acids is 1. The van der Waals surface area contributed by atoms with Gasteiger partial charge in [-0.3, -0.25) is 9.59 Å². The van der Waals surface area contributed by atoms with E-state index in [9.17, 15) is 14.0 Å². The molecule has 0 bridgehead atoms. The topological polar surface area (TPSA) is 79.5 Å². The summed E-state index contributed by atoms with van der Waals surface area (Å²) in [6, 6.07) is 4.25. The second kappa shape index (κ2) is 6.28. The molecular weight excluding hydrogens is 337 g/mol. The summed E-state index contributed by atoms with van der Waals surface area (Å²) < 4.78 is 19.1. The fourth-order valence-electron chi connectivity index (χ4n) is 2.85. The molecule has 1 heterocycles. The van der Waals surface area contributed by atoms with E-state index in [4.69, 9.17) is 21.1 Å². The van der Waals surface area contributed by atoms with E-state index in [0.29, 0.717) is 22.6 Å². The number of aliphatic carboxylic acids is 1. The summed E-state index contributed by atoms with van der Waals surface area (Å²) in [6.07, 6.45) is 1.56. The molecule has 2 atom stereocenters. The van der Waals surface area contributed by atoms with Crippen molar-refractivity contribution in [1.82, 2.24) is 5.32 Å². The standard InChI is InChI=1S/C17H15ClFNO4/c1-8-7-24-13(6-14(21)22)15(8)17(23)20-12-5-9(12)16-10(18)3-2-4-11(16)19/h2-4,7,9,12H,5-6H2,1H3,(H,20,23)(H,21,22). The first kappa shape index (κ1) is 16.5. The number of halogens is 2. The predicted octanol–water partition coefficient (Wildman–Crippen LogP) is 3.29. The number of carboxylic acid groups (broad SMARTS) is 1. The van der Waals surface area contributed by atoms with Gasteiger partial charge in [0.25, 0.3) is 5.91 Å². The third-order valence-electron chi connectivity index (χ3n) is 4.07. The highest BCUT2D eigenvalue weighted by Crippen LogP contribution is 2.45. The van der Waals surface area contributed by atoms with Crippen molar-refractivity contribution in [1.29, 1.82) is 0 Å². The minimum Gasteiger partial charge on any atom is -0.481 e. The molecule has 0 radical (unpaired) electrons. The maximum atomic E-state index is 13.9. The quantitative estimate of drug-likeness (QED) is 0.866. The van der Waals surface area contributed by atoms with Crippen molar-refractivity contribution >= 4 is 23.5 Å². The maximum Gasteiger partial charge on any atom is 0.311 e. The monoisotopic (exact) mass is 351 g/mol. The molecule has 2 aromatic rings. The molecule has 3 rings (SSSR count). The smallest absolute Gasteiger partial charge is 0.311 e. The molecule has 1 aromatic carbocycles. The fraction of sp³-hybridized carbons (Fsp3) is 0.294. The van der Waals surface area contributed by atoms with Crippen LogP contribution < -0.4 is 5.32 Å². The lowest BCUT2D eigenvalue weighted by Gasteiger charge is -2.08. The summed E-state index contributed by atoms with van der Waals surface area (Å²) in [5.41, 5.74) is 1.19. The first-order valence-corrected chi connectivity index (χ1v) is 7.79. The van der Waals surface area contributed by atoms with Crippen molar-refractivity contribution in [2.24, 2.45) is 0 Å². The van der Waals surface area contributed by atoms with Crippen LogP contribution in [0.5, 0.6) is 0 Å². The minimum atomic E-state index is -1.08. The van der Waals surface area contributed by atoms with E-state index in [2.05, 4.69) is 5.32 Å². The molecular formula is C17H15ClFNO4. The summed E-state index contributed by atoms with van der Waals surface area (Å²) in [6.45, 7) is 1.67. The SMILES string of the molecule is Cc1coc(CC(=O)O)c1C(=O)NC1CC1c1c(F)cccc1Cl. The Morgan fingerprint density at radius 3 is 2.88 bits per heavy atom. The van der Waals surface area contributed by atoms with Gasteiger partial charge in [0.1, 0.15) is 18.0 Å². The Balaban J connectivity index is 1.74. The van der Waals surface area contributed by atoms with Gasteiger partial charge in [0.05, 0.1) is 11.8 Å². The van der Waals surface area contributed by atoms with E-state index in [1.165, 1.54) is 18.4 Å². The summed E-state index contributed by atoms with van der Waals surface area (Å²) in [5.74, 6) is -1.97. The van der Waals surface area contributed by atoms with Crippen molar-refractivity contribution in [3.63, 3.8) is 0 Å². The molecule has 1 aliphatic rings. The second-order valence-electron chi connectivity index (χ2n) is 5.84. The molecule has 24 heavy (non-hydrogen) atoms. The van der Waals surface area contributed by atoms with Crippen molar-refractivity contribution < 1.29 is 23.5 Å². The lowest BCUT2D eigenvalue weighted by atomic mass is 10.1. The molecule has 126 valence electrons. The molecule has 1 aliphatic carbocycles. The van der Waals surface area contributed by atoms with Crippen LogP contribution >= 0.6 is 11.6 Å². The van der Waals surface area contributed by atoms with Crippen molar-refractivity contribution in [3.05, 3.63) is 57.8 Å². The van der Waals surface area contributed by atoms with Crippen molar-refractivity contribution in [3.8, 4) is 0 Å². The molecule has 2 unspecified atom stereocenters. The van der Waals surface area contributed by atoms with E-state index in [0.717, 1.165) is 0 Å². The van der Waals surface area contributed by atoms with Gasteiger partial charge in [0.15, 0.2) is 0 Å². The summed E-state index contributed by atoms with van der Waals surface area (Å²) in [4.78, 5) is 23.3. The Morgan fingerprint density at radius 2 is 2.21 bits per heavy atom. The zero-order valence-electron chi connectivity index (χ0n) is 12.8. The van der Waals surface area contributed by atoms with Crippen LogP contribution in [-0.2, 0) is 11.2 Å². The number of amides is 1. The molecule has 1 amide bonds. The maximum absolute atomic E-state index is 13.9. The Morgan fingerprint density at radius 1 is 1.46 bits per heavy atom. The van der Waals surface area contributed by atoms with Gasteiger partial charge in [-0.2, -0.15) is 0 Å². The van der Waals surface area contributed by atoms with Gasteiger partial charge >= 0.3 is 5.97 Å². The van der Waals surface area contributed by atoms with Crippen LogP contribution in [0.1, 0.15) is 39.6 Å². The Labute approximate surface area is 142 Å². The van der Waals surface area contributed by atoms with E-state index < -0.39 is 17.7 Å². The van der Waals surface area contributed by atoms with Gasteiger partial charge in [0.2, 0.25) is 0 Å². The van der Waals surface area contributed by atoms with Gasteiger partial charge in [-0.1, -0.05) is 17.7 Å². The summed E-state index contributed by atoms with van der Waals surface area (Å²) >= 11 is 6.04. The highest BCUT2D eigenvalue weighted by Gasteiger charge is 2.42. The molecule has 1 fully saturated rings. The fourth-order valence-corrected chi connectivity index (χ4v) is 3.15. The number of hydrogen-bond donors (Lipinski definition) is 2. The molecule has 0 saturated heterocycles. The van der Waals surface area contributed by atoms with Gasteiger partial charge in [-0.05, 0) is 25.5 Å². The predicted molar refractivity (Wildman–Crippen MR) is 84.8 cm³/mol. The zero-order valence-corrected chi connectivity index (χ0v) is 13.6. The average molecular weight is 352 g/mol. The molecule has 1 aromatic heterocycles. The van der Waals surface area contributed by atoms with E-state index in [1.807, 2.05) is 0 Å². The number of furan rings is 1. The Bertz CT molecular complexity index is 797. The molecule has 5 nitrogen and oxygen atoms in total. The third-order valence-corrected chi connectivity index (χ3v) is 4.40. The number of nitrogens with one attached hydrogen (secondary N) is 1.